The molecule has 1 aromatic heterocycles. The molecule has 180 valence electrons. The van der Waals surface area contributed by atoms with Crippen LogP contribution in [0.1, 0.15) is 43.2 Å². The summed E-state index contributed by atoms with van der Waals surface area (Å²) in [6.07, 6.45) is 2.39. The summed E-state index contributed by atoms with van der Waals surface area (Å²) in [5.41, 5.74) is 3.14. The van der Waals surface area contributed by atoms with Crippen molar-refractivity contribution in [1.29, 1.82) is 0 Å². The molecular formula is C29H30N2O3S. The molecule has 0 saturated carbocycles. The van der Waals surface area contributed by atoms with E-state index in [1.807, 2.05) is 66.4 Å². The zero-order valence-electron chi connectivity index (χ0n) is 19.9. The zero-order valence-corrected chi connectivity index (χ0v) is 20.7. The Labute approximate surface area is 210 Å². The van der Waals surface area contributed by atoms with Crippen LogP contribution in [-0.2, 0) is 9.53 Å². The smallest absolute Gasteiger partial charge is 0.229 e. The Morgan fingerprint density at radius 3 is 2.43 bits per heavy atom. The van der Waals surface area contributed by atoms with Crippen molar-refractivity contribution >= 4 is 32.6 Å². The van der Waals surface area contributed by atoms with Crippen LogP contribution in [0.2, 0.25) is 0 Å². The van der Waals surface area contributed by atoms with Crippen LogP contribution in [0.25, 0.3) is 10.2 Å². The molecule has 6 heteroatoms. The van der Waals surface area contributed by atoms with Crippen LogP contribution >= 0.6 is 11.3 Å². The van der Waals surface area contributed by atoms with Gasteiger partial charge in [0.1, 0.15) is 5.75 Å². The van der Waals surface area contributed by atoms with E-state index in [-0.39, 0.29) is 17.9 Å². The highest BCUT2D eigenvalue weighted by Crippen LogP contribution is 2.35. The number of anilines is 1. The lowest BCUT2D eigenvalue weighted by molar-refractivity contribution is -0.119. The largest absolute Gasteiger partial charge is 0.494 e. The van der Waals surface area contributed by atoms with Crippen LogP contribution in [0.15, 0.2) is 78.9 Å². The van der Waals surface area contributed by atoms with Crippen molar-refractivity contribution in [3.05, 3.63) is 90.0 Å². The van der Waals surface area contributed by atoms with Gasteiger partial charge < -0.3 is 9.47 Å². The van der Waals surface area contributed by atoms with E-state index in [1.54, 1.807) is 0 Å². The second-order valence-corrected chi connectivity index (χ2v) is 9.79. The number of aromatic nitrogens is 1. The van der Waals surface area contributed by atoms with Gasteiger partial charge >= 0.3 is 0 Å². The van der Waals surface area contributed by atoms with Gasteiger partial charge in [-0.2, -0.15) is 0 Å². The zero-order chi connectivity index (χ0) is 24.0. The van der Waals surface area contributed by atoms with Crippen LogP contribution in [0.4, 0.5) is 5.13 Å². The predicted octanol–water partition coefficient (Wildman–Crippen LogP) is 6.43. The van der Waals surface area contributed by atoms with Gasteiger partial charge in [-0.05, 0) is 49.1 Å². The molecule has 1 unspecified atom stereocenters. The minimum Gasteiger partial charge on any atom is -0.494 e. The second-order valence-electron chi connectivity index (χ2n) is 8.78. The Morgan fingerprint density at radius 1 is 1.09 bits per heavy atom. The van der Waals surface area contributed by atoms with Crippen LogP contribution in [0.5, 0.6) is 5.75 Å². The number of nitrogens with zero attached hydrogens (tertiary/aromatic N) is 2. The van der Waals surface area contributed by atoms with Crippen molar-refractivity contribution in [1.82, 2.24) is 4.98 Å². The first-order valence-electron chi connectivity index (χ1n) is 12.3. The first kappa shape index (κ1) is 23.5. The monoisotopic (exact) mass is 486 g/mol. The summed E-state index contributed by atoms with van der Waals surface area (Å²) in [6.45, 7) is 3.86. The van der Waals surface area contributed by atoms with Crippen LogP contribution in [0, 0.1) is 0 Å². The maximum Gasteiger partial charge on any atom is 0.229 e. The number of carbonyl (C=O) groups is 1. The van der Waals surface area contributed by atoms with E-state index < -0.39 is 0 Å². The molecule has 0 aliphatic carbocycles. The minimum absolute atomic E-state index is 0.0316. The first-order valence-corrected chi connectivity index (χ1v) is 13.1. The number of carbonyl (C=O) groups excluding carboxylic acids is 1. The summed E-state index contributed by atoms with van der Waals surface area (Å²) >= 11 is 1.53. The number of thiazole rings is 1. The molecule has 1 saturated heterocycles. The number of fused-ring (bicyclic) bond motifs is 1. The molecular weight excluding hydrogens is 456 g/mol. The van der Waals surface area contributed by atoms with E-state index in [2.05, 4.69) is 24.3 Å². The van der Waals surface area contributed by atoms with E-state index >= 15 is 0 Å². The highest BCUT2D eigenvalue weighted by atomic mass is 32.1. The van der Waals surface area contributed by atoms with Crippen molar-refractivity contribution in [2.24, 2.45) is 0 Å². The summed E-state index contributed by atoms with van der Waals surface area (Å²) in [5.74, 6) is 0.846. The van der Waals surface area contributed by atoms with E-state index in [9.17, 15) is 4.79 Å². The highest BCUT2D eigenvalue weighted by Gasteiger charge is 2.29. The molecule has 0 spiro atoms. The molecule has 1 amide bonds. The number of ether oxygens (including phenoxy) is 2. The fraction of sp³-hybridized carbons (Fsp3) is 0.310. The van der Waals surface area contributed by atoms with Gasteiger partial charge in [0.2, 0.25) is 5.91 Å². The molecule has 2 heterocycles. The van der Waals surface area contributed by atoms with E-state index in [0.29, 0.717) is 24.7 Å². The Hall–Kier alpha value is -3.22. The van der Waals surface area contributed by atoms with Gasteiger partial charge in [0, 0.05) is 18.9 Å². The summed E-state index contributed by atoms with van der Waals surface area (Å²) in [7, 11) is 0. The van der Waals surface area contributed by atoms with Crippen molar-refractivity contribution < 1.29 is 14.3 Å². The Balaban J connectivity index is 1.47. The third-order valence-electron chi connectivity index (χ3n) is 6.38. The predicted molar refractivity (Wildman–Crippen MR) is 141 cm³/mol. The number of amides is 1. The Bertz CT molecular complexity index is 1210. The molecule has 1 aliphatic rings. The summed E-state index contributed by atoms with van der Waals surface area (Å²) < 4.78 is 12.6. The summed E-state index contributed by atoms with van der Waals surface area (Å²) in [4.78, 5) is 20.6. The van der Waals surface area contributed by atoms with Crippen molar-refractivity contribution in [3.8, 4) is 5.75 Å². The molecule has 1 atom stereocenters. The standard InChI is InChI=1S/C29H30N2O3S/c1-2-33-23-15-16-26-27(18-23)35-29(30-26)31(20-24-14-9-17-34-24)28(32)19-25(21-10-5-3-6-11-21)22-12-7-4-8-13-22/h3-8,10-13,15-16,18,24-25H,2,9,14,17,19-20H2,1H3. The maximum absolute atomic E-state index is 13.9. The molecule has 5 rings (SSSR count). The van der Waals surface area contributed by atoms with E-state index in [0.717, 1.165) is 46.5 Å². The third-order valence-corrected chi connectivity index (χ3v) is 7.43. The minimum atomic E-state index is -0.0316. The molecule has 1 fully saturated rings. The highest BCUT2D eigenvalue weighted by molar-refractivity contribution is 7.22. The quantitative estimate of drug-likeness (QED) is 0.274. The van der Waals surface area contributed by atoms with Gasteiger partial charge in [0.25, 0.3) is 0 Å². The van der Waals surface area contributed by atoms with Crippen molar-refractivity contribution in [2.75, 3.05) is 24.7 Å². The Kier molecular flexibility index (Phi) is 7.40. The summed E-state index contributed by atoms with van der Waals surface area (Å²) in [5, 5.41) is 0.717. The molecule has 4 aromatic rings. The van der Waals surface area contributed by atoms with E-state index in [4.69, 9.17) is 14.5 Å². The fourth-order valence-corrected chi connectivity index (χ4v) is 5.65. The van der Waals surface area contributed by atoms with Gasteiger partial charge in [0.15, 0.2) is 5.13 Å². The average Bonchev–Trinajstić information content (AvgIpc) is 3.56. The van der Waals surface area contributed by atoms with Crippen molar-refractivity contribution in [2.45, 2.75) is 38.2 Å². The number of hydrogen-bond acceptors (Lipinski definition) is 5. The number of rotatable bonds is 9. The third kappa shape index (κ3) is 5.55. The lowest BCUT2D eigenvalue weighted by atomic mass is 9.88. The van der Waals surface area contributed by atoms with Gasteiger partial charge in [-0.25, -0.2) is 4.98 Å². The van der Waals surface area contributed by atoms with Gasteiger partial charge in [-0.3, -0.25) is 9.69 Å². The lowest BCUT2D eigenvalue weighted by Gasteiger charge is -2.26. The molecule has 0 bridgehead atoms. The van der Waals surface area contributed by atoms with Gasteiger partial charge in [-0.15, -0.1) is 0 Å². The first-order chi connectivity index (χ1) is 17.2. The van der Waals surface area contributed by atoms with Crippen LogP contribution in [0.3, 0.4) is 0 Å². The lowest BCUT2D eigenvalue weighted by Crippen LogP contribution is -2.38. The van der Waals surface area contributed by atoms with Crippen LogP contribution < -0.4 is 9.64 Å². The molecule has 0 N–H and O–H groups in total. The molecule has 35 heavy (non-hydrogen) atoms. The molecule has 3 aromatic carbocycles. The fourth-order valence-electron chi connectivity index (χ4n) is 4.63. The average molecular weight is 487 g/mol. The van der Waals surface area contributed by atoms with Gasteiger partial charge in [-0.1, -0.05) is 72.0 Å². The number of benzene rings is 3. The summed E-state index contributed by atoms with van der Waals surface area (Å²) in [6, 6.07) is 26.4. The molecule has 5 nitrogen and oxygen atoms in total. The molecule has 1 aliphatic heterocycles. The SMILES string of the molecule is CCOc1ccc2nc(N(CC3CCCO3)C(=O)CC(c3ccccc3)c3ccccc3)sc2c1. The number of hydrogen-bond donors (Lipinski definition) is 0. The Morgan fingerprint density at radius 2 is 1.80 bits per heavy atom. The van der Waals surface area contributed by atoms with Gasteiger partial charge in [0.05, 0.1) is 29.5 Å². The topological polar surface area (TPSA) is 51.7 Å². The van der Waals surface area contributed by atoms with Crippen molar-refractivity contribution in [3.63, 3.8) is 0 Å². The van der Waals surface area contributed by atoms with E-state index in [1.165, 1.54) is 11.3 Å². The van der Waals surface area contributed by atoms with Crippen LogP contribution in [-0.4, -0.2) is 36.8 Å². The second kappa shape index (κ2) is 11.0. The normalized spacial score (nSPS) is 15.5. The maximum atomic E-state index is 13.9. The molecule has 0 radical (unpaired) electrons.